The predicted octanol–water partition coefficient (Wildman–Crippen LogP) is 3.66. The quantitative estimate of drug-likeness (QED) is 0.743. The van der Waals surface area contributed by atoms with E-state index in [1.54, 1.807) is 12.3 Å². The summed E-state index contributed by atoms with van der Waals surface area (Å²) < 4.78 is 0. The van der Waals surface area contributed by atoms with Gasteiger partial charge in [0, 0.05) is 12.1 Å². The zero-order valence-electron chi connectivity index (χ0n) is 9.96. The van der Waals surface area contributed by atoms with Gasteiger partial charge in [0.2, 0.25) is 0 Å². The maximum atomic E-state index is 8.70. The summed E-state index contributed by atoms with van der Waals surface area (Å²) in [6.07, 6.45) is 1.73. The molecule has 1 aromatic heterocycles. The number of hydrogen-bond donors (Lipinski definition) is 0. The van der Waals surface area contributed by atoms with Gasteiger partial charge in [-0.1, -0.05) is 37.3 Å². The van der Waals surface area contributed by atoms with E-state index in [0.29, 0.717) is 11.4 Å². The van der Waals surface area contributed by atoms with Crippen molar-refractivity contribution >= 4 is 5.69 Å². The molecule has 0 radical (unpaired) electrons. The second-order valence-electron chi connectivity index (χ2n) is 4.01. The minimum atomic E-state index is 0.199. The first-order valence-electron chi connectivity index (χ1n) is 5.58. The van der Waals surface area contributed by atoms with Crippen LogP contribution < -0.4 is 0 Å². The van der Waals surface area contributed by atoms with Crippen molar-refractivity contribution in [1.82, 2.24) is 4.98 Å². The summed E-state index contributed by atoms with van der Waals surface area (Å²) in [5.74, 6) is 0.199. The van der Waals surface area contributed by atoms with Crippen molar-refractivity contribution in [1.29, 1.82) is 5.26 Å². The van der Waals surface area contributed by atoms with Crippen molar-refractivity contribution in [2.45, 2.75) is 12.8 Å². The van der Waals surface area contributed by atoms with Crippen molar-refractivity contribution in [2.24, 2.45) is 0 Å². The van der Waals surface area contributed by atoms with Crippen molar-refractivity contribution in [3.63, 3.8) is 0 Å². The number of rotatable bonds is 2. The van der Waals surface area contributed by atoms with E-state index in [4.69, 9.17) is 11.8 Å². The molecule has 0 aliphatic rings. The minimum Gasteiger partial charge on any atom is -0.245 e. The fourth-order valence-corrected chi connectivity index (χ4v) is 1.76. The normalized spacial score (nSPS) is 11.3. The molecule has 3 nitrogen and oxygen atoms in total. The molecule has 86 valence electrons. The van der Waals surface area contributed by atoms with Crippen LogP contribution in [-0.4, -0.2) is 4.98 Å². The predicted molar refractivity (Wildman–Crippen MR) is 69.2 cm³/mol. The molecule has 1 atom stereocenters. The number of nitrogens with zero attached hydrogens (tertiary/aromatic N) is 3. The molecule has 0 fully saturated rings. The Morgan fingerprint density at radius 3 is 2.33 bits per heavy atom. The smallest absolute Gasteiger partial charge is 0.187 e. The number of aromatic nitrogens is 1. The topological polar surface area (TPSA) is 41.0 Å². The fourth-order valence-electron chi connectivity index (χ4n) is 1.76. The van der Waals surface area contributed by atoms with Crippen molar-refractivity contribution in [2.75, 3.05) is 0 Å². The highest BCUT2D eigenvalue weighted by molar-refractivity contribution is 5.47. The van der Waals surface area contributed by atoms with E-state index >= 15 is 0 Å². The number of hydrogen-bond acceptors (Lipinski definition) is 2. The average Bonchev–Trinajstić information content (AvgIpc) is 2.47. The second-order valence-corrected chi connectivity index (χ2v) is 4.01. The lowest BCUT2D eigenvalue weighted by Crippen LogP contribution is -1.97. The second kappa shape index (κ2) is 5.12. The van der Waals surface area contributed by atoms with Crippen LogP contribution in [0.5, 0.6) is 0 Å². The Labute approximate surface area is 106 Å². The third kappa shape index (κ3) is 2.36. The van der Waals surface area contributed by atoms with Crippen LogP contribution in [0.2, 0.25) is 0 Å². The van der Waals surface area contributed by atoms with Crippen LogP contribution in [0, 0.1) is 17.9 Å². The Kier molecular flexibility index (Phi) is 3.36. The van der Waals surface area contributed by atoms with E-state index in [1.165, 1.54) is 0 Å². The lowest BCUT2D eigenvalue weighted by molar-refractivity contribution is 0.910. The van der Waals surface area contributed by atoms with Gasteiger partial charge in [-0.25, -0.2) is 9.83 Å². The Hall–Kier alpha value is -2.65. The molecule has 1 heterocycles. The van der Waals surface area contributed by atoms with Gasteiger partial charge in [-0.05, 0) is 17.2 Å². The van der Waals surface area contributed by atoms with Gasteiger partial charge in [0.05, 0.1) is 6.57 Å². The molecule has 0 aliphatic carbocycles. The van der Waals surface area contributed by atoms with Crippen LogP contribution in [0.25, 0.3) is 4.85 Å². The average molecular weight is 233 g/mol. The third-order valence-corrected chi connectivity index (χ3v) is 2.92. The lowest BCUT2D eigenvalue weighted by Gasteiger charge is -2.12. The van der Waals surface area contributed by atoms with Crippen LogP contribution in [0.1, 0.15) is 29.7 Å². The molecule has 18 heavy (non-hydrogen) atoms. The van der Waals surface area contributed by atoms with Crippen molar-refractivity contribution < 1.29 is 0 Å². The number of nitriles is 1. The first-order chi connectivity index (χ1) is 8.74. The van der Waals surface area contributed by atoms with Crippen LogP contribution in [-0.2, 0) is 0 Å². The van der Waals surface area contributed by atoms with Crippen LogP contribution in [0.4, 0.5) is 5.69 Å². The molecule has 2 rings (SSSR count). The molecule has 3 heteroatoms. The van der Waals surface area contributed by atoms with Gasteiger partial charge in [-0.2, -0.15) is 5.26 Å². The lowest BCUT2D eigenvalue weighted by atomic mass is 9.94. The van der Waals surface area contributed by atoms with E-state index in [9.17, 15) is 0 Å². The summed E-state index contributed by atoms with van der Waals surface area (Å²) >= 11 is 0. The molecular weight excluding hydrogens is 222 g/mol. The highest BCUT2D eigenvalue weighted by Gasteiger charge is 2.08. The molecule has 0 saturated heterocycles. The Balaban J connectivity index is 2.27. The summed E-state index contributed by atoms with van der Waals surface area (Å²) in [7, 11) is 0. The van der Waals surface area contributed by atoms with Crippen LogP contribution in [0.3, 0.4) is 0 Å². The summed E-state index contributed by atoms with van der Waals surface area (Å²) in [6.45, 7) is 8.99. The zero-order valence-corrected chi connectivity index (χ0v) is 9.96. The fraction of sp³-hybridized carbons (Fsp3) is 0.133. The molecule has 0 bridgehead atoms. The monoisotopic (exact) mass is 233 g/mol. The van der Waals surface area contributed by atoms with Gasteiger partial charge in [-0.15, -0.1) is 0 Å². The first-order valence-corrected chi connectivity index (χ1v) is 5.58. The largest absolute Gasteiger partial charge is 0.245 e. The first kappa shape index (κ1) is 11.8. The molecule has 0 amide bonds. The number of benzene rings is 1. The molecule has 1 unspecified atom stereocenters. The molecule has 0 saturated carbocycles. The summed E-state index contributed by atoms with van der Waals surface area (Å²) in [6, 6.07) is 13.2. The molecular formula is C15H11N3. The zero-order chi connectivity index (χ0) is 13.0. The van der Waals surface area contributed by atoms with E-state index in [-0.39, 0.29) is 5.92 Å². The Bertz CT molecular complexity index is 555. The third-order valence-electron chi connectivity index (χ3n) is 2.92. The van der Waals surface area contributed by atoms with Gasteiger partial charge in [-0.3, -0.25) is 0 Å². The standard InChI is InChI=1S/C15H11N3/c1-11(12-3-6-14(17-2)7-4-12)13-5-8-15(9-16)18-10-13/h3-8,10-11H,1H3. The minimum absolute atomic E-state index is 0.199. The molecule has 0 aliphatic heterocycles. The molecule has 1 aromatic carbocycles. The van der Waals surface area contributed by atoms with Crippen LogP contribution in [0.15, 0.2) is 42.6 Å². The van der Waals surface area contributed by atoms with Gasteiger partial charge < -0.3 is 0 Å². The SMILES string of the molecule is [C-]#[N+]c1ccc(C(C)c2ccc(C#N)nc2)cc1. The maximum Gasteiger partial charge on any atom is 0.187 e. The van der Waals surface area contributed by atoms with Gasteiger partial charge >= 0.3 is 0 Å². The Morgan fingerprint density at radius 1 is 1.17 bits per heavy atom. The van der Waals surface area contributed by atoms with E-state index in [0.717, 1.165) is 11.1 Å². The highest BCUT2D eigenvalue weighted by atomic mass is 14.7. The van der Waals surface area contributed by atoms with Gasteiger partial charge in [0.1, 0.15) is 11.8 Å². The van der Waals surface area contributed by atoms with Crippen LogP contribution >= 0.6 is 0 Å². The van der Waals surface area contributed by atoms with Gasteiger partial charge in [0.15, 0.2) is 5.69 Å². The molecule has 0 spiro atoms. The number of pyridine rings is 1. The maximum absolute atomic E-state index is 8.70. The van der Waals surface area contributed by atoms with Crippen molar-refractivity contribution in [3.05, 3.63) is 70.8 Å². The van der Waals surface area contributed by atoms with Gasteiger partial charge in [0.25, 0.3) is 0 Å². The summed E-state index contributed by atoms with van der Waals surface area (Å²) in [5.41, 5.74) is 3.26. The molecule has 0 N–H and O–H groups in total. The van der Waals surface area contributed by atoms with E-state index in [1.807, 2.05) is 36.4 Å². The van der Waals surface area contributed by atoms with E-state index < -0.39 is 0 Å². The molecule has 2 aromatic rings. The van der Waals surface area contributed by atoms with Crippen molar-refractivity contribution in [3.8, 4) is 6.07 Å². The summed E-state index contributed by atoms with van der Waals surface area (Å²) in [5, 5.41) is 8.70. The highest BCUT2D eigenvalue weighted by Crippen LogP contribution is 2.25. The van der Waals surface area contributed by atoms with E-state index in [2.05, 4.69) is 16.8 Å². The summed E-state index contributed by atoms with van der Waals surface area (Å²) in [4.78, 5) is 7.44. The Morgan fingerprint density at radius 2 is 1.83 bits per heavy atom.